The maximum Gasteiger partial charge on any atom is 0.233 e. The first-order valence-corrected chi connectivity index (χ1v) is 6.03. The van der Waals surface area contributed by atoms with E-state index in [4.69, 9.17) is 10.2 Å². The van der Waals surface area contributed by atoms with Gasteiger partial charge in [-0.2, -0.15) is 0 Å². The average Bonchev–Trinajstić information content (AvgIpc) is 2.10. The molecule has 15 heavy (non-hydrogen) atoms. The summed E-state index contributed by atoms with van der Waals surface area (Å²) in [4.78, 5) is 11.6. The molecule has 5 heteroatoms. The summed E-state index contributed by atoms with van der Waals surface area (Å²) in [6, 6.07) is 0. The molecule has 0 aromatic heterocycles. The standard InChI is InChI=1S/C10H21NO3S/c1-7(15-6-8(13)5-12)9(14)11-10(2,3)4/h7-8,12-13H,5-6H2,1-4H3,(H,11,14). The summed E-state index contributed by atoms with van der Waals surface area (Å²) in [5.41, 5.74) is -0.235. The number of aliphatic hydroxyl groups is 2. The molecular formula is C10H21NO3S. The second kappa shape index (κ2) is 6.35. The van der Waals surface area contributed by atoms with Crippen molar-refractivity contribution in [3.63, 3.8) is 0 Å². The molecule has 3 N–H and O–H groups in total. The highest BCUT2D eigenvalue weighted by atomic mass is 32.2. The molecule has 0 radical (unpaired) electrons. The number of hydrogen-bond donors (Lipinski definition) is 3. The number of rotatable bonds is 5. The highest BCUT2D eigenvalue weighted by Crippen LogP contribution is 2.13. The van der Waals surface area contributed by atoms with E-state index in [-0.39, 0.29) is 23.3 Å². The van der Waals surface area contributed by atoms with Crippen LogP contribution in [0.4, 0.5) is 0 Å². The topological polar surface area (TPSA) is 69.6 Å². The molecule has 0 aromatic rings. The Bertz CT molecular complexity index is 203. The fourth-order valence-electron chi connectivity index (χ4n) is 0.855. The first kappa shape index (κ1) is 14.7. The van der Waals surface area contributed by atoms with E-state index in [9.17, 15) is 4.79 Å². The molecule has 0 aromatic carbocycles. The van der Waals surface area contributed by atoms with Crippen LogP contribution in [0.1, 0.15) is 27.7 Å². The molecule has 1 amide bonds. The Labute approximate surface area is 95.4 Å². The van der Waals surface area contributed by atoms with Gasteiger partial charge in [-0.1, -0.05) is 0 Å². The van der Waals surface area contributed by atoms with Crippen molar-refractivity contribution >= 4 is 17.7 Å². The first-order valence-electron chi connectivity index (χ1n) is 4.99. The lowest BCUT2D eigenvalue weighted by Crippen LogP contribution is -2.44. The van der Waals surface area contributed by atoms with Gasteiger partial charge in [0.1, 0.15) is 0 Å². The third-order valence-electron chi connectivity index (χ3n) is 1.62. The van der Waals surface area contributed by atoms with Gasteiger partial charge in [0.15, 0.2) is 0 Å². The minimum Gasteiger partial charge on any atom is -0.394 e. The molecule has 90 valence electrons. The highest BCUT2D eigenvalue weighted by Gasteiger charge is 2.20. The predicted molar refractivity (Wildman–Crippen MR) is 62.9 cm³/mol. The van der Waals surface area contributed by atoms with Crippen LogP contribution in [0.5, 0.6) is 0 Å². The van der Waals surface area contributed by atoms with Crippen molar-refractivity contribution in [2.75, 3.05) is 12.4 Å². The van der Waals surface area contributed by atoms with E-state index in [1.54, 1.807) is 6.92 Å². The summed E-state index contributed by atoms with van der Waals surface area (Å²) < 4.78 is 0. The zero-order chi connectivity index (χ0) is 12.1. The fraction of sp³-hybridized carbons (Fsp3) is 0.900. The molecule has 0 rings (SSSR count). The second-order valence-corrected chi connectivity index (χ2v) is 5.92. The summed E-state index contributed by atoms with van der Waals surface area (Å²) >= 11 is 1.34. The van der Waals surface area contributed by atoms with Crippen LogP contribution in [0.15, 0.2) is 0 Å². The van der Waals surface area contributed by atoms with E-state index >= 15 is 0 Å². The van der Waals surface area contributed by atoms with Gasteiger partial charge in [0.05, 0.1) is 18.0 Å². The zero-order valence-corrected chi connectivity index (χ0v) is 10.6. The lowest BCUT2D eigenvalue weighted by atomic mass is 10.1. The number of nitrogens with one attached hydrogen (secondary N) is 1. The van der Waals surface area contributed by atoms with Gasteiger partial charge in [0.25, 0.3) is 0 Å². The molecular weight excluding hydrogens is 214 g/mol. The van der Waals surface area contributed by atoms with Gasteiger partial charge in [0, 0.05) is 11.3 Å². The molecule has 0 bridgehead atoms. The third kappa shape index (κ3) is 7.64. The van der Waals surface area contributed by atoms with Crippen molar-refractivity contribution in [3.8, 4) is 0 Å². The van der Waals surface area contributed by atoms with Crippen molar-refractivity contribution in [2.24, 2.45) is 0 Å². The Morgan fingerprint density at radius 2 is 2.00 bits per heavy atom. The average molecular weight is 235 g/mol. The lowest BCUT2D eigenvalue weighted by molar-refractivity contribution is -0.121. The summed E-state index contributed by atoms with van der Waals surface area (Å²) in [5, 5.41) is 20.4. The molecule has 0 aliphatic rings. The Balaban J connectivity index is 3.90. The molecule has 0 saturated carbocycles. The van der Waals surface area contributed by atoms with Gasteiger partial charge in [-0.15, -0.1) is 11.8 Å². The third-order valence-corrected chi connectivity index (χ3v) is 2.91. The maximum atomic E-state index is 11.6. The Kier molecular flexibility index (Phi) is 6.24. The van der Waals surface area contributed by atoms with E-state index in [0.717, 1.165) is 0 Å². The second-order valence-electron chi connectivity index (χ2n) is 4.55. The van der Waals surface area contributed by atoms with Gasteiger partial charge in [-0.3, -0.25) is 4.79 Å². The summed E-state index contributed by atoms with van der Waals surface area (Å²) in [7, 11) is 0. The van der Waals surface area contributed by atoms with Crippen LogP contribution in [-0.2, 0) is 4.79 Å². The number of carbonyl (C=O) groups excluding carboxylic acids is 1. The quantitative estimate of drug-likeness (QED) is 0.644. The van der Waals surface area contributed by atoms with E-state index < -0.39 is 6.10 Å². The van der Waals surface area contributed by atoms with Gasteiger partial charge in [0.2, 0.25) is 5.91 Å². The van der Waals surface area contributed by atoms with Crippen LogP contribution in [0.25, 0.3) is 0 Å². The molecule has 2 atom stereocenters. The number of hydrogen-bond acceptors (Lipinski definition) is 4. The number of thioether (sulfide) groups is 1. The first-order chi connectivity index (χ1) is 6.76. The molecule has 0 spiro atoms. The van der Waals surface area contributed by atoms with Gasteiger partial charge >= 0.3 is 0 Å². The van der Waals surface area contributed by atoms with Crippen molar-refractivity contribution in [2.45, 2.75) is 44.6 Å². The summed E-state index contributed by atoms with van der Waals surface area (Å²) in [6.07, 6.45) is -0.750. The Morgan fingerprint density at radius 1 is 1.47 bits per heavy atom. The minimum atomic E-state index is -0.750. The smallest absolute Gasteiger partial charge is 0.233 e. The molecule has 0 aliphatic carbocycles. The molecule has 4 nitrogen and oxygen atoms in total. The monoisotopic (exact) mass is 235 g/mol. The van der Waals surface area contributed by atoms with E-state index in [0.29, 0.717) is 5.75 Å². The van der Waals surface area contributed by atoms with Crippen LogP contribution in [-0.4, -0.2) is 45.4 Å². The number of amides is 1. The van der Waals surface area contributed by atoms with Gasteiger partial charge < -0.3 is 15.5 Å². The van der Waals surface area contributed by atoms with Crippen LogP contribution in [0.2, 0.25) is 0 Å². The van der Waals surface area contributed by atoms with Crippen LogP contribution in [0.3, 0.4) is 0 Å². The molecule has 0 aliphatic heterocycles. The van der Waals surface area contributed by atoms with Crippen LogP contribution < -0.4 is 5.32 Å². The van der Waals surface area contributed by atoms with Crippen molar-refractivity contribution in [1.29, 1.82) is 0 Å². The highest BCUT2D eigenvalue weighted by molar-refractivity contribution is 8.00. The molecule has 0 heterocycles. The largest absolute Gasteiger partial charge is 0.394 e. The van der Waals surface area contributed by atoms with E-state index in [1.807, 2.05) is 20.8 Å². The summed E-state index contributed by atoms with van der Waals surface area (Å²) in [6.45, 7) is 7.29. The van der Waals surface area contributed by atoms with Gasteiger partial charge in [-0.25, -0.2) is 0 Å². The van der Waals surface area contributed by atoms with Crippen LogP contribution in [0, 0.1) is 0 Å². The maximum absolute atomic E-state index is 11.6. The normalized spacial score (nSPS) is 15.9. The minimum absolute atomic E-state index is 0.0439. The molecule has 2 unspecified atom stereocenters. The zero-order valence-electron chi connectivity index (χ0n) is 9.78. The van der Waals surface area contributed by atoms with E-state index in [2.05, 4.69) is 5.32 Å². The molecule has 0 fully saturated rings. The van der Waals surface area contributed by atoms with Crippen LogP contribution >= 0.6 is 11.8 Å². The van der Waals surface area contributed by atoms with E-state index in [1.165, 1.54) is 11.8 Å². The SMILES string of the molecule is CC(SCC(O)CO)C(=O)NC(C)(C)C. The fourth-order valence-corrected chi connectivity index (χ4v) is 1.68. The summed E-state index contributed by atoms with van der Waals surface area (Å²) in [5.74, 6) is 0.326. The van der Waals surface area contributed by atoms with Crippen molar-refractivity contribution < 1.29 is 15.0 Å². The van der Waals surface area contributed by atoms with Gasteiger partial charge in [-0.05, 0) is 27.7 Å². The molecule has 0 saturated heterocycles. The van der Waals surface area contributed by atoms with Crippen molar-refractivity contribution in [1.82, 2.24) is 5.32 Å². The number of carbonyl (C=O) groups is 1. The lowest BCUT2D eigenvalue weighted by Gasteiger charge is -2.23. The number of aliphatic hydroxyl groups excluding tert-OH is 2. The Hall–Kier alpha value is -0.260. The Morgan fingerprint density at radius 3 is 2.40 bits per heavy atom. The van der Waals surface area contributed by atoms with Crippen molar-refractivity contribution in [3.05, 3.63) is 0 Å². The predicted octanol–water partition coefficient (Wildman–Crippen LogP) is 0.376.